The lowest BCUT2D eigenvalue weighted by molar-refractivity contribution is -0.137. The zero-order valence-corrected chi connectivity index (χ0v) is 12.9. The van der Waals surface area contributed by atoms with Gasteiger partial charge >= 0.3 is 6.18 Å². The number of aryl methyl sites for hydroxylation is 1. The van der Waals surface area contributed by atoms with Crippen LogP contribution in [0.1, 0.15) is 28.1 Å². The molecule has 22 heavy (non-hydrogen) atoms. The predicted octanol–water partition coefficient (Wildman–Crippen LogP) is 2.86. The number of nitrogens with one attached hydrogen (secondary N) is 1. The van der Waals surface area contributed by atoms with E-state index in [0.717, 1.165) is 17.1 Å². The van der Waals surface area contributed by atoms with Crippen LogP contribution in [0, 0.1) is 6.92 Å². The summed E-state index contributed by atoms with van der Waals surface area (Å²) in [6, 6.07) is 4.95. The summed E-state index contributed by atoms with van der Waals surface area (Å²) >= 11 is 1.40. The molecule has 2 aromatic rings. The van der Waals surface area contributed by atoms with Crippen LogP contribution in [0.15, 0.2) is 24.3 Å². The Labute approximate surface area is 130 Å². The molecule has 1 atom stereocenters. The Kier molecular flexibility index (Phi) is 4.84. The molecule has 120 valence electrons. The zero-order chi connectivity index (χ0) is 16.4. The Morgan fingerprint density at radius 2 is 1.91 bits per heavy atom. The van der Waals surface area contributed by atoms with E-state index in [4.69, 9.17) is 0 Å². The Bertz CT molecular complexity index is 644. The van der Waals surface area contributed by atoms with E-state index >= 15 is 0 Å². The highest BCUT2D eigenvalue weighted by atomic mass is 32.1. The summed E-state index contributed by atoms with van der Waals surface area (Å²) in [5.41, 5.74) is -1.37. The number of halogens is 3. The molecule has 2 N–H and O–H groups in total. The number of hydrogen-bond donors (Lipinski definition) is 2. The second-order valence-electron chi connectivity index (χ2n) is 5.14. The summed E-state index contributed by atoms with van der Waals surface area (Å²) in [4.78, 5) is 0. The first-order chi connectivity index (χ1) is 10.2. The van der Waals surface area contributed by atoms with Gasteiger partial charge in [-0.2, -0.15) is 13.2 Å². The number of aliphatic hydroxyl groups is 1. The van der Waals surface area contributed by atoms with Crippen LogP contribution in [0.5, 0.6) is 0 Å². The number of alkyl halides is 3. The van der Waals surface area contributed by atoms with Gasteiger partial charge in [0.1, 0.15) is 10.0 Å². The van der Waals surface area contributed by atoms with Crippen molar-refractivity contribution in [1.82, 2.24) is 15.5 Å². The maximum Gasteiger partial charge on any atom is 0.416 e. The van der Waals surface area contributed by atoms with Crippen LogP contribution < -0.4 is 5.32 Å². The van der Waals surface area contributed by atoms with Crippen molar-refractivity contribution in [2.24, 2.45) is 0 Å². The molecule has 0 aliphatic heterocycles. The van der Waals surface area contributed by atoms with E-state index in [1.165, 1.54) is 17.4 Å². The SMILES string of the molecule is Cc1nnc(CNC(C)(CO)c2cccc(C(F)(F)F)c2)s1. The van der Waals surface area contributed by atoms with Crippen LogP contribution in [0.25, 0.3) is 0 Å². The van der Waals surface area contributed by atoms with E-state index in [0.29, 0.717) is 17.1 Å². The summed E-state index contributed by atoms with van der Waals surface area (Å²) in [5.74, 6) is 0. The quantitative estimate of drug-likeness (QED) is 0.884. The second-order valence-corrected chi connectivity index (χ2v) is 6.40. The van der Waals surface area contributed by atoms with Crippen LogP contribution in [0.2, 0.25) is 0 Å². The fraction of sp³-hybridized carbons (Fsp3) is 0.429. The first-order valence-corrected chi connectivity index (χ1v) is 7.39. The molecule has 1 heterocycles. The minimum atomic E-state index is -4.41. The average Bonchev–Trinajstić information content (AvgIpc) is 2.90. The van der Waals surface area contributed by atoms with E-state index in [-0.39, 0.29) is 6.61 Å². The smallest absolute Gasteiger partial charge is 0.394 e. The maximum atomic E-state index is 12.8. The number of aliphatic hydroxyl groups excluding tert-OH is 1. The van der Waals surface area contributed by atoms with Gasteiger partial charge in [-0.3, -0.25) is 5.32 Å². The molecule has 1 aromatic carbocycles. The molecule has 0 amide bonds. The predicted molar refractivity (Wildman–Crippen MR) is 77.4 cm³/mol. The van der Waals surface area contributed by atoms with E-state index in [1.807, 2.05) is 6.92 Å². The lowest BCUT2D eigenvalue weighted by Crippen LogP contribution is -2.42. The third-order valence-corrected chi connectivity index (χ3v) is 4.18. The molecule has 0 saturated heterocycles. The van der Waals surface area contributed by atoms with Gasteiger partial charge in [-0.15, -0.1) is 21.5 Å². The molecule has 4 nitrogen and oxygen atoms in total. The first kappa shape index (κ1) is 16.9. The Balaban J connectivity index is 2.22. The molecule has 8 heteroatoms. The molecular formula is C14H16F3N3OS. The topological polar surface area (TPSA) is 58.0 Å². The largest absolute Gasteiger partial charge is 0.416 e. The van der Waals surface area contributed by atoms with Gasteiger partial charge in [-0.05, 0) is 31.5 Å². The Morgan fingerprint density at radius 3 is 2.45 bits per heavy atom. The molecule has 2 rings (SSSR count). The average molecular weight is 331 g/mol. The van der Waals surface area contributed by atoms with Crippen LogP contribution in [0.4, 0.5) is 13.2 Å². The molecule has 1 unspecified atom stereocenters. The molecule has 0 radical (unpaired) electrons. The number of benzene rings is 1. The van der Waals surface area contributed by atoms with Crippen molar-refractivity contribution in [3.05, 3.63) is 45.4 Å². The molecular weight excluding hydrogens is 315 g/mol. The fourth-order valence-corrected chi connectivity index (χ4v) is 2.62. The van der Waals surface area contributed by atoms with Crippen molar-refractivity contribution in [2.45, 2.75) is 32.1 Å². The molecule has 0 fully saturated rings. The highest BCUT2D eigenvalue weighted by molar-refractivity contribution is 7.11. The minimum absolute atomic E-state index is 0.318. The number of nitrogens with zero attached hydrogens (tertiary/aromatic N) is 2. The summed E-state index contributed by atoms with van der Waals surface area (Å²) < 4.78 is 38.4. The second kappa shape index (κ2) is 6.31. The van der Waals surface area contributed by atoms with Gasteiger partial charge in [0.05, 0.1) is 24.3 Å². The number of rotatable bonds is 5. The number of hydrogen-bond acceptors (Lipinski definition) is 5. The van der Waals surface area contributed by atoms with Gasteiger partial charge in [0, 0.05) is 0 Å². The van der Waals surface area contributed by atoms with Crippen molar-refractivity contribution in [1.29, 1.82) is 0 Å². The summed E-state index contributed by atoms with van der Waals surface area (Å²) in [6.45, 7) is 3.44. The summed E-state index contributed by atoms with van der Waals surface area (Å²) in [5, 5.41) is 22.0. The van der Waals surface area contributed by atoms with E-state index in [9.17, 15) is 18.3 Å². The van der Waals surface area contributed by atoms with Crippen molar-refractivity contribution in [3.8, 4) is 0 Å². The van der Waals surface area contributed by atoms with E-state index in [2.05, 4.69) is 15.5 Å². The van der Waals surface area contributed by atoms with Gasteiger partial charge in [0.25, 0.3) is 0 Å². The van der Waals surface area contributed by atoms with Gasteiger partial charge in [-0.1, -0.05) is 12.1 Å². The third kappa shape index (κ3) is 3.82. The standard InChI is InChI=1S/C14H16F3N3OS/c1-9-19-20-12(22-9)7-18-13(2,8-21)10-4-3-5-11(6-10)14(15,16)17/h3-6,18,21H,7-8H2,1-2H3. The van der Waals surface area contributed by atoms with Crippen LogP contribution in [0.3, 0.4) is 0 Å². The molecule has 0 saturated carbocycles. The van der Waals surface area contributed by atoms with Crippen molar-refractivity contribution in [2.75, 3.05) is 6.61 Å². The highest BCUT2D eigenvalue weighted by Gasteiger charge is 2.33. The van der Waals surface area contributed by atoms with Crippen molar-refractivity contribution < 1.29 is 18.3 Å². The molecule has 0 aliphatic rings. The maximum absolute atomic E-state index is 12.8. The first-order valence-electron chi connectivity index (χ1n) is 6.57. The molecule has 0 spiro atoms. The van der Waals surface area contributed by atoms with Crippen molar-refractivity contribution >= 4 is 11.3 Å². The van der Waals surface area contributed by atoms with Gasteiger partial charge < -0.3 is 5.11 Å². The number of aromatic nitrogens is 2. The fourth-order valence-electron chi connectivity index (χ4n) is 1.97. The van der Waals surface area contributed by atoms with Crippen LogP contribution in [-0.2, 0) is 18.3 Å². The Morgan fingerprint density at radius 1 is 1.23 bits per heavy atom. The summed E-state index contributed by atoms with van der Waals surface area (Å²) in [7, 11) is 0. The monoisotopic (exact) mass is 331 g/mol. The van der Waals surface area contributed by atoms with Gasteiger partial charge in [0.15, 0.2) is 0 Å². The van der Waals surface area contributed by atoms with Crippen LogP contribution in [-0.4, -0.2) is 21.9 Å². The molecule has 0 aliphatic carbocycles. The Hall–Kier alpha value is -1.51. The van der Waals surface area contributed by atoms with Crippen LogP contribution >= 0.6 is 11.3 Å². The van der Waals surface area contributed by atoms with Crippen molar-refractivity contribution in [3.63, 3.8) is 0 Å². The lowest BCUT2D eigenvalue weighted by atomic mass is 9.91. The summed E-state index contributed by atoms with van der Waals surface area (Å²) in [6.07, 6.45) is -4.41. The van der Waals surface area contributed by atoms with E-state index in [1.54, 1.807) is 13.0 Å². The lowest BCUT2D eigenvalue weighted by Gasteiger charge is -2.29. The normalized spacial score (nSPS) is 14.8. The highest BCUT2D eigenvalue weighted by Crippen LogP contribution is 2.32. The molecule has 0 bridgehead atoms. The van der Waals surface area contributed by atoms with Gasteiger partial charge in [-0.25, -0.2) is 0 Å². The minimum Gasteiger partial charge on any atom is -0.394 e. The third-order valence-electron chi connectivity index (χ3n) is 3.34. The molecule has 1 aromatic heterocycles. The zero-order valence-electron chi connectivity index (χ0n) is 12.1. The van der Waals surface area contributed by atoms with E-state index < -0.39 is 17.3 Å². The van der Waals surface area contributed by atoms with Gasteiger partial charge in [0.2, 0.25) is 0 Å².